The molecule has 2 nitrogen and oxygen atoms in total. The number of hydrogen-bond donors (Lipinski definition) is 0. The first kappa shape index (κ1) is 9.69. The van der Waals surface area contributed by atoms with E-state index in [2.05, 4.69) is 12.6 Å². The van der Waals surface area contributed by atoms with Crippen molar-refractivity contribution in [3.63, 3.8) is 0 Å². The van der Waals surface area contributed by atoms with E-state index >= 15 is 0 Å². The third-order valence-corrected chi connectivity index (χ3v) is 1.30. The van der Waals surface area contributed by atoms with E-state index in [0.29, 0.717) is 0 Å². The fourth-order valence-electron chi connectivity index (χ4n) is 0.879. The zero-order valence-corrected chi connectivity index (χ0v) is 7.46. The summed E-state index contributed by atoms with van der Waals surface area (Å²) in [6.07, 6.45) is 1.85. The summed E-state index contributed by atoms with van der Waals surface area (Å²) in [6, 6.07) is 0. The van der Waals surface area contributed by atoms with E-state index in [4.69, 9.17) is 4.74 Å². The maximum absolute atomic E-state index is 10.3. The fourth-order valence-corrected chi connectivity index (χ4v) is 1.10. The van der Waals surface area contributed by atoms with Crippen LogP contribution in [-0.4, -0.2) is 10.9 Å². The van der Waals surface area contributed by atoms with E-state index in [1.54, 1.807) is 0 Å². The highest BCUT2D eigenvalue weighted by Crippen LogP contribution is 2.17. The molecule has 0 aliphatic heterocycles. The second kappa shape index (κ2) is 3.76. The number of carbonyl (C=O) groups excluding carboxylic acids is 1. The van der Waals surface area contributed by atoms with Gasteiger partial charge in [-0.2, -0.15) is 0 Å². The van der Waals surface area contributed by atoms with Gasteiger partial charge in [0, 0.05) is 12.6 Å². The largest absolute Gasteiger partial charge is 0.448 e. The second-order valence-corrected chi connectivity index (χ2v) is 3.20. The minimum Gasteiger partial charge on any atom is -0.448 e. The topological polar surface area (TPSA) is 26.3 Å². The van der Waals surface area contributed by atoms with Crippen LogP contribution in [0.15, 0.2) is 0 Å². The minimum atomic E-state index is -0.613. The van der Waals surface area contributed by atoms with Crippen LogP contribution in [0, 0.1) is 0 Å². The van der Waals surface area contributed by atoms with E-state index in [9.17, 15) is 4.79 Å². The van der Waals surface area contributed by atoms with E-state index < -0.39 is 5.30 Å². The van der Waals surface area contributed by atoms with Crippen LogP contribution in [0.2, 0.25) is 0 Å². The van der Waals surface area contributed by atoms with Crippen LogP contribution in [0.4, 0.5) is 4.79 Å². The Bertz CT molecular complexity index is 121. The van der Waals surface area contributed by atoms with Gasteiger partial charge in [0.2, 0.25) is 0 Å². The van der Waals surface area contributed by atoms with Gasteiger partial charge >= 0.3 is 5.30 Å². The van der Waals surface area contributed by atoms with E-state index in [-0.39, 0.29) is 5.60 Å². The molecule has 0 rings (SSSR count). The van der Waals surface area contributed by atoms with Gasteiger partial charge in [0.15, 0.2) is 0 Å². The SMILES string of the molecule is CCCC(C)(C)OC(=O)[S]. The first-order valence-corrected chi connectivity index (χ1v) is 3.79. The highest BCUT2D eigenvalue weighted by molar-refractivity contribution is 7.96. The van der Waals surface area contributed by atoms with Gasteiger partial charge in [0.25, 0.3) is 0 Å². The van der Waals surface area contributed by atoms with Crippen molar-refractivity contribution in [2.75, 3.05) is 0 Å². The van der Waals surface area contributed by atoms with Crippen molar-refractivity contribution in [2.45, 2.75) is 39.2 Å². The van der Waals surface area contributed by atoms with Gasteiger partial charge in [-0.25, -0.2) is 4.79 Å². The molecule has 0 amide bonds. The Kier molecular flexibility index (Phi) is 3.64. The maximum atomic E-state index is 10.3. The smallest absolute Gasteiger partial charge is 0.400 e. The van der Waals surface area contributed by atoms with Gasteiger partial charge < -0.3 is 4.74 Å². The molecule has 0 bridgehead atoms. The van der Waals surface area contributed by atoms with Gasteiger partial charge in [0.05, 0.1) is 0 Å². The standard InChI is InChI=1S/C7H13O2S/c1-4-5-7(2,3)9-6(8)10/h4-5H2,1-3H3. The highest BCUT2D eigenvalue weighted by Gasteiger charge is 2.19. The van der Waals surface area contributed by atoms with Crippen molar-refractivity contribution >= 4 is 17.9 Å². The van der Waals surface area contributed by atoms with Gasteiger partial charge in [-0.1, -0.05) is 13.3 Å². The second-order valence-electron chi connectivity index (χ2n) is 2.86. The van der Waals surface area contributed by atoms with E-state index in [1.807, 2.05) is 20.8 Å². The van der Waals surface area contributed by atoms with Crippen molar-refractivity contribution in [3.8, 4) is 0 Å². The Labute approximate surface area is 67.4 Å². The average molecular weight is 161 g/mol. The lowest BCUT2D eigenvalue weighted by Crippen LogP contribution is -2.25. The molecule has 0 aromatic carbocycles. The number of carbonyl (C=O) groups is 1. The molecule has 3 heteroatoms. The van der Waals surface area contributed by atoms with Crippen molar-refractivity contribution in [3.05, 3.63) is 0 Å². The van der Waals surface area contributed by atoms with Gasteiger partial charge in [-0.15, -0.1) is 0 Å². The molecule has 0 atom stereocenters. The van der Waals surface area contributed by atoms with Gasteiger partial charge in [-0.3, -0.25) is 0 Å². The summed E-state index contributed by atoms with van der Waals surface area (Å²) < 4.78 is 4.85. The zero-order valence-electron chi connectivity index (χ0n) is 6.64. The minimum absolute atomic E-state index is 0.381. The summed E-state index contributed by atoms with van der Waals surface area (Å²) in [5.41, 5.74) is -0.381. The molecule has 1 radical (unpaired) electrons. The normalized spacial score (nSPS) is 11.1. The molecule has 0 fully saturated rings. The molecule has 0 heterocycles. The van der Waals surface area contributed by atoms with E-state index in [0.717, 1.165) is 12.8 Å². The molecule has 0 spiro atoms. The lowest BCUT2D eigenvalue weighted by Gasteiger charge is -2.22. The summed E-state index contributed by atoms with van der Waals surface area (Å²) in [7, 11) is 0. The number of ether oxygens (including phenoxy) is 1. The fraction of sp³-hybridized carbons (Fsp3) is 0.857. The quantitative estimate of drug-likeness (QED) is 0.595. The lowest BCUT2D eigenvalue weighted by molar-refractivity contribution is 0.0513. The summed E-state index contributed by atoms with van der Waals surface area (Å²) in [5.74, 6) is 0. The predicted octanol–water partition coefficient (Wildman–Crippen LogP) is 2.90. The molecular formula is C7H13O2S. The Morgan fingerprint density at radius 2 is 2.10 bits per heavy atom. The molecule has 0 unspecified atom stereocenters. The monoisotopic (exact) mass is 161 g/mol. The first-order chi connectivity index (χ1) is 4.48. The van der Waals surface area contributed by atoms with Crippen molar-refractivity contribution in [2.24, 2.45) is 0 Å². The van der Waals surface area contributed by atoms with Crippen LogP contribution in [0.1, 0.15) is 33.6 Å². The number of rotatable bonds is 3. The van der Waals surface area contributed by atoms with Crippen LogP contribution < -0.4 is 0 Å². The van der Waals surface area contributed by atoms with Gasteiger partial charge in [0.1, 0.15) is 5.60 Å². The molecular weight excluding hydrogens is 148 g/mol. The van der Waals surface area contributed by atoms with Gasteiger partial charge in [-0.05, 0) is 20.3 Å². The third-order valence-electron chi connectivity index (χ3n) is 1.21. The van der Waals surface area contributed by atoms with Crippen LogP contribution in [0.3, 0.4) is 0 Å². The first-order valence-electron chi connectivity index (χ1n) is 3.38. The Hall–Kier alpha value is -0.310. The highest BCUT2D eigenvalue weighted by atomic mass is 32.1. The predicted molar refractivity (Wildman–Crippen MR) is 43.1 cm³/mol. The third kappa shape index (κ3) is 4.56. The maximum Gasteiger partial charge on any atom is 0.400 e. The lowest BCUT2D eigenvalue weighted by atomic mass is 10.0. The van der Waals surface area contributed by atoms with Crippen LogP contribution in [0.5, 0.6) is 0 Å². The zero-order chi connectivity index (χ0) is 8.20. The Morgan fingerprint density at radius 1 is 1.60 bits per heavy atom. The Morgan fingerprint density at radius 3 is 2.40 bits per heavy atom. The van der Waals surface area contributed by atoms with Crippen molar-refractivity contribution in [1.29, 1.82) is 0 Å². The molecule has 0 aromatic rings. The average Bonchev–Trinajstić information content (AvgIpc) is 1.59. The van der Waals surface area contributed by atoms with E-state index in [1.165, 1.54) is 0 Å². The van der Waals surface area contributed by atoms with Crippen molar-refractivity contribution < 1.29 is 9.53 Å². The summed E-state index contributed by atoms with van der Waals surface area (Å²) >= 11 is 4.28. The molecule has 0 saturated heterocycles. The molecule has 10 heavy (non-hydrogen) atoms. The molecule has 0 aliphatic carbocycles. The molecule has 0 aromatic heterocycles. The summed E-state index contributed by atoms with van der Waals surface area (Å²) in [6.45, 7) is 5.76. The number of hydrogen-bond acceptors (Lipinski definition) is 2. The Balaban J connectivity index is 3.74. The molecule has 0 N–H and O–H groups in total. The molecule has 0 aliphatic rings. The van der Waals surface area contributed by atoms with Crippen LogP contribution >= 0.6 is 12.6 Å². The molecule has 0 saturated carbocycles. The summed E-state index contributed by atoms with van der Waals surface area (Å²) in [5, 5.41) is -0.613. The van der Waals surface area contributed by atoms with Crippen LogP contribution in [-0.2, 0) is 4.74 Å². The summed E-state index contributed by atoms with van der Waals surface area (Å²) in [4.78, 5) is 10.3. The van der Waals surface area contributed by atoms with Crippen molar-refractivity contribution in [1.82, 2.24) is 0 Å². The molecule has 59 valence electrons. The van der Waals surface area contributed by atoms with Crippen LogP contribution in [0.25, 0.3) is 0 Å².